The minimum Gasteiger partial charge on any atom is -0.331 e. The first-order chi connectivity index (χ1) is 13.7. The standard InChI is InChI=1S/C19H22F2N4O3S/c1-11(13-4-5-15(20)16(21)8-13)22-19(26)23-18-9-17(12-2-3-12)24-25(18)14-6-7-29(27,28)10-14/h4-5,8-9,11-12,14H,2-3,6-7,10H2,1H3,(H2,22,23,26)/t11-,14+/m0/s1. The highest BCUT2D eigenvalue weighted by atomic mass is 32.2. The molecule has 0 spiro atoms. The lowest BCUT2D eigenvalue weighted by Crippen LogP contribution is -2.32. The van der Waals surface area contributed by atoms with Crippen LogP contribution < -0.4 is 10.6 Å². The van der Waals surface area contributed by atoms with Crippen LogP contribution in [0.25, 0.3) is 0 Å². The summed E-state index contributed by atoms with van der Waals surface area (Å²) in [5.74, 6) is -1.04. The fourth-order valence-corrected chi connectivity index (χ4v) is 5.24. The van der Waals surface area contributed by atoms with Gasteiger partial charge in [0, 0.05) is 12.0 Å². The molecule has 2 aliphatic rings. The lowest BCUT2D eigenvalue weighted by atomic mass is 10.1. The van der Waals surface area contributed by atoms with Crippen LogP contribution in [0.4, 0.5) is 19.4 Å². The largest absolute Gasteiger partial charge is 0.331 e. The second kappa shape index (κ2) is 7.40. The molecule has 2 fully saturated rings. The van der Waals surface area contributed by atoms with Crippen molar-refractivity contribution in [3.63, 3.8) is 0 Å². The number of hydrogen-bond donors (Lipinski definition) is 2. The van der Waals surface area contributed by atoms with E-state index in [1.165, 1.54) is 6.07 Å². The summed E-state index contributed by atoms with van der Waals surface area (Å²) in [7, 11) is -3.10. The number of carbonyl (C=O) groups excluding carboxylic acids is 1. The number of benzene rings is 1. The zero-order valence-electron chi connectivity index (χ0n) is 15.9. The topological polar surface area (TPSA) is 93.1 Å². The van der Waals surface area contributed by atoms with Gasteiger partial charge in [0.1, 0.15) is 5.82 Å². The van der Waals surface area contributed by atoms with Crippen molar-refractivity contribution in [3.8, 4) is 0 Å². The Balaban J connectivity index is 1.49. The molecule has 0 radical (unpaired) electrons. The maximum absolute atomic E-state index is 13.4. The van der Waals surface area contributed by atoms with Gasteiger partial charge in [-0.2, -0.15) is 5.10 Å². The van der Waals surface area contributed by atoms with Crippen molar-refractivity contribution < 1.29 is 22.0 Å². The summed E-state index contributed by atoms with van der Waals surface area (Å²) in [4.78, 5) is 12.5. The first kappa shape index (κ1) is 19.8. The van der Waals surface area contributed by atoms with Crippen LogP contribution in [-0.4, -0.2) is 35.7 Å². The van der Waals surface area contributed by atoms with Gasteiger partial charge < -0.3 is 5.32 Å². The van der Waals surface area contributed by atoms with Gasteiger partial charge in [-0.15, -0.1) is 0 Å². The molecule has 1 saturated carbocycles. The van der Waals surface area contributed by atoms with Gasteiger partial charge in [0.05, 0.1) is 29.3 Å². The summed E-state index contributed by atoms with van der Waals surface area (Å²) in [5.41, 5.74) is 1.27. The van der Waals surface area contributed by atoms with Crippen LogP contribution in [-0.2, 0) is 9.84 Å². The van der Waals surface area contributed by atoms with E-state index in [4.69, 9.17) is 0 Å². The highest BCUT2D eigenvalue weighted by Crippen LogP contribution is 2.41. The van der Waals surface area contributed by atoms with Crippen LogP contribution in [0.1, 0.15) is 55.4 Å². The number of amides is 2. The first-order valence-corrected chi connectivity index (χ1v) is 11.4. The normalized spacial score (nSPS) is 21.7. The Morgan fingerprint density at radius 2 is 1.97 bits per heavy atom. The zero-order chi connectivity index (χ0) is 20.8. The van der Waals surface area contributed by atoms with Crippen molar-refractivity contribution in [3.05, 3.63) is 47.2 Å². The van der Waals surface area contributed by atoms with Crippen LogP contribution in [0.3, 0.4) is 0 Å². The number of sulfone groups is 1. The van der Waals surface area contributed by atoms with Crippen molar-refractivity contribution >= 4 is 21.7 Å². The van der Waals surface area contributed by atoms with Crippen LogP contribution in [0, 0.1) is 11.6 Å². The van der Waals surface area contributed by atoms with E-state index in [1.54, 1.807) is 17.7 Å². The Labute approximate surface area is 167 Å². The number of rotatable bonds is 5. The van der Waals surface area contributed by atoms with Crippen LogP contribution in [0.5, 0.6) is 0 Å². The van der Waals surface area contributed by atoms with E-state index >= 15 is 0 Å². The molecule has 1 aromatic carbocycles. The monoisotopic (exact) mass is 424 g/mol. The molecule has 1 saturated heterocycles. The summed E-state index contributed by atoms with van der Waals surface area (Å²) in [6.45, 7) is 1.66. The number of halogens is 2. The molecule has 156 valence electrons. The van der Waals surface area contributed by atoms with Gasteiger partial charge in [-0.25, -0.2) is 26.7 Å². The highest BCUT2D eigenvalue weighted by molar-refractivity contribution is 7.91. The minimum atomic E-state index is -3.10. The van der Waals surface area contributed by atoms with Gasteiger partial charge in [-0.3, -0.25) is 5.32 Å². The quantitative estimate of drug-likeness (QED) is 0.770. The number of urea groups is 1. The summed E-state index contributed by atoms with van der Waals surface area (Å²) in [6, 6.07) is 3.83. The Kier molecular flexibility index (Phi) is 5.05. The third-order valence-corrected chi connectivity index (χ3v) is 7.09. The molecule has 2 aromatic rings. The van der Waals surface area contributed by atoms with Gasteiger partial charge in [-0.1, -0.05) is 6.07 Å². The molecule has 1 aliphatic carbocycles. The SMILES string of the molecule is C[C@H](NC(=O)Nc1cc(C2CC2)nn1[C@@H]1CCS(=O)(=O)C1)c1ccc(F)c(F)c1. The molecule has 29 heavy (non-hydrogen) atoms. The summed E-state index contributed by atoms with van der Waals surface area (Å²) >= 11 is 0. The molecular weight excluding hydrogens is 402 g/mol. The van der Waals surface area contributed by atoms with Gasteiger partial charge in [0.25, 0.3) is 0 Å². The molecule has 4 rings (SSSR count). The van der Waals surface area contributed by atoms with Gasteiger partial charge in [0.15, 0.2) is 21.5 Å². The fourth-order valence-electron chi connectivity index (χ4n) is 3.55. The van der Waals surface area contributed by atoms with Crippen molar-refractivity contribution in [2.75, 3.05) is 16.8 Å². The van der Waals surface area contributed by atoms with Gasteiger partial charge in [0.2, 0.25) is 0 Å². The molecule has 7 nitrogen and oxygen atoms in total. The zero-order valence-corrected chi connectivity index (χ0v) is 16.7. The van der Waals surface area contributed by atoms with E-state index in [-0.39, 0.29) is 17.5 Å². The Morgan fingerprint density at radius 3 is 2.59 bits per heavy atom. The van der Waals surface area contributed by atoms with E-state index in [0.29, 0.717) is 23.7 Å². The maximum atomic E-state index is 13.4. The average molecular weight is 424 g/mol. The molecule has 1 aromatic heterocycles. The van der Waals surface area contributed by atoms with E-state index in [0.717, 1.165) is 30.7 Å². The number of nitrogens with zero attached hydrogens (tertiary/aromatic N) is 2. The Morgan fingerprint density at radius 1 is 1.21 bits per heavy atom. The molecule has 0 bridgehead atoms. The van der Waals surface area contributed by atoms with Crippen LogP contribution >= 0.6 is 0 Å². The molecule has 0 unspecified atom stereocenters. The summed E-state index contributed by atoms with van der Waals surface area (Å²) in [5, 5.41) is 9.96. The number of aromatic nitrogens is 2. The number of hydrogen-bond acceptors (Lipinski definition) is 4. The molecule has 10 heteroatoms. The smallest absolute Gasteiger partial charge is 0.320 e. The average Bonchev–Trinajstić information content (AvgIpc) is 3.32. The summed E-state index contributed by atoms with van der Waals surface area (Å²) in [6.07, 6.45) is 2.51. The third kappa shape index (κ3) is 4.42. The Hall–Kier alpha value is -2.49. The predicted molar refractivity (Wildman–Crippen MR) is 103 cm³/mol. The predicted octanol–water partition coefficient (Wildman–Crippen LogP) is 3.28. The molecule has 2 heterocycles. The number of carbonyl (C=O) groups is 1. The minimum absolute atomic E-state index is 0.000342. The van der Waals surface area contributed by atoms with Crippen molar-refractivity contribution in [2.45, 2.75) is 44.2 Å². The molecule has 2 amide bonds. The van der Waals surface area contributed by atoms with Crippen molar-refractivity contribution in [1.82, 2.24) is 15.1 Å². The van der Waals surface area contributed by atoms with E-state index in [2.05, 4.69) is 15.7 Å². The number of anilines is 1. The fraction of sp³-hybridized carbons (Fsp3) is 0.474. The first-order valence-electron chi connectivity index (χ1n) is 9.54. The van der Waals surface area contributed by atoms with Crippen LogP contribution in [0.2, 0.25) is 0 Å². The lowest BCUT2D eigenvalue weighted by molar-refractivity contribution is 0.249. The van der Waals surface area contributed by atoms with E-state index < -0.39 is 33.5 Å². The summed E-state index contributed by atoms with van der Waals surface area (Å²) < 4.78 is 51.8. The van der Waals surface area contributed by atoms with Gasteiger partial charge >= 0.3 is 6.03 Å². The third-order valence-electron chi connectivity index (χ3n) is 5.34. The highest BCUT2D eigenvalue weighted by Gasteiger charge is 2.34. The number of nitrogens with one attached hydrogen (secondary N) is 2. The van der Waals surface area contributed by atoms with Crippen LogP contribution in [0.15, 0.2) is 24.3 Å². The van der Waals surface area contributed by atoms with Crippen molar-refractivity contribution in [1.29, 1.82) is 0 Å². The molecular formula is C19H22F2N4O3S. The molecule has 1 aliphatic heterocycles. The lowest BCUT2D eigenvalue weighted by Gasteiger charge is -2.17. The molecule has 2 atom stereocenters. The van der Waals surface area contributed by atoms with Crippen molar-refractivity contribution in [2.24, 2.45) is 0 Å². The van der Waals surface area contributed by atoms with E-state index in [9.17, 15) is 22.0 Å². The molecule has 2 N–H and O–H groups in total. The van der Waals surface area contributed by atoms with Gasteiger partial charge in [-0.05, 0) is 43.9 Å². The maximum Gasteiger partial charge on any atom is 0.320 e. The Bertz CT molecular complexity index is 1050. The second-order valence-electron chi connectivity index (χ2n) is 7.72. The van der Waals surface area contributed by atoms with E-state index in [1.807, 2.05) is 0 Å². The second-order valence-corrected chi connectivity index (χ2v) is 9.95.